The molecule has 0 fully saturated rings. The Labute approximate surface area is 144 Å². The van der Waals surface area contributed by atoms with Gasteiger partial charge in [0.05, 0.1) is 10.0 Å². The Bertz CT molecular complexity index is 708. The molecule has 0 atom stereocenters. The number of nitrogens with zero attached hydrogens (tertiary/aromatic N) is 1. The molecule has 0 bridgehead atoms. The van der Waals surface area contributed by atoms with Gasteiger partial charge in [-0.1, -0.05) is 41.4 Å². The van der Waals surface area contributed by atoms with E-state index in [4.69, 9.17) is 23.2 Å². The van der Waals surface area contributed by atoms with Gasteiger partial charge in [0.2, 0.25) is 5.91 Å². The van der Waals surface area contributed by atoms with E-state index in [2.05, 4.69) is 10.6 Å². The van der Waals surface area contributed by atoms with E-state index in [9.17, 15) is 9.59 Å². The molecule has 0 aromatic heterocycles. The van der Waals surface area contributed by atoms with Crippen molar-refractivity contribution in [2.24, 2.45) is 0 Å². The number of rotatable bonds is 4. The Balaban J connectivity index is 1.89. The van der Waals surface area contributed by atoms with Crippen LogP contribution in [0.3, 0.4) is 0 Å². The molecule has 0 saturated heterocycles. The highest BCUT2D eigenvalue weighted by Crippen LogP contribution is 2.25. The number of nitrogens with one attached hydrogen (secondary N) is 2. The van der Waals surface area contributed by atoms with Gasteiger partial charge in [-0.05, 0) is 30.3 Å². The average molecular weight is 352 g/mol. The SMILES string of the molecule is CN(CC(=O)Nc1ccccc1)C(=O)Nc1ccc(Cl)c(Cl)c1. The summed E-state index contributed by atoms with van der Waals surface area (Å²) in [5.74, 6) is -0.289. The van der Waals surface area contributed by atoms with E-state index in [1.165, 1.54) is 11.9 Å². The van der Waals surface area contributed by atoms with Crippen LogP contribution in [0.4, 0.5) is 16.2 Å². The number of benzene rings is 2. The second kappa shape index (κ2) is 7.85. The quantitative estimate of drug-likeness (QED) is 0.870. The summed E-state index contributed by atoms with van der Waals surface area (Å²) in [5, 5.41) is 6.10. The van der Waals surface area contributed by atoms with Crippen molar-refractivity contribution in [2.75, 3.05) is 24.2 Å². The molecule has 2 N–H and O–H groups in total. The fourth-order valence-electron chi connectivity index (χ4n) is 1.80. The summed E-state index contributed by atoms with van der Waals surface area (Å²) in [6.45, 7) is -0.0813. The first-order valence-corrected chi connectivity index (χ1v) is 7.53. The molecule has 23 heavy (non-hydrogen) atoms. The van der Waals surface area contributed by atoms with Crippen LogP contribution in [-0.4, -0.2) is 30.4 Å². The van der Waals surface area contributed by atoms with Gasteiger partial charge >= 0.3 is 6.03 Å². The van der Waals surface area contributed by atoms with Crippen molar-refractivity contribution >= 4 is 46.5 Å². The van der Waals surface area contributed by atoms with Crippen molar-refractivity contribution in [1.82, 2.24) is 4.90 Å². The minimum atomic E-state index is -0.424. The van der Waals surface area contributed by atoms with Crippen molar-refractivity contribution in [3.05, 3.63) is 58.6 Å². The topological polar surface area (TPSA) is 61.4 Å². The molecule has 0 aliphatic heterocycles. The average Bonchev–Trinajstić information content (AvgIpc) is 2.51. The highest BCUT2D eigenvalue weighted by Gasteiger charge is 2.13. The fourth-order valence-corrected chi connectivity index (χ4v) is 2.10. The Morgan fingerprint density at radius 1 is 0.957 bits per heavy atom. The highest BCUT2D eigenvalue weighted by molar-refractivity contribution is 6.42. The summed E-state index contributed by atoms with van der Waals surface area (Å²) in [6, 6.07) is 13.4. The second-order valence-electron chi connectivity index (χ2n) is 4.83. The summed E-state index contributed by atoms with van der Waals surface area (Å²) < 4.78 is 0. The van der Waals surface area contributed by atoms with Gasteiger partial charge in [-0.3, -0.25) is 4.79 Å². The number of carbonyl (C=O) groups is 2. The normalized spacial score (nSPS) is 10.0. The zero-order valence-corrected chi connectivity index (χ0v) is 13.9. The molecule has 3 amide bonds. The summed E-state index contributed by atoms with van der Waals surface area (Å²) in [4.78, 5) is 25.2. The van der Waals surface area contributed by atoms with E-state index in [0.29, 0.717) is 21.4 Å². The number of urea groups is 1. The van der Waals surface area contributed by atoms with Crippen LogP contribution in [-0.2, 0) is 4.79 Å². The maximum absolute atomic E-state index is 12.1. The molecule has 0 unspecified atom stereocenters. The first-order chi connectivity index (χ1) is 11.0. The molecule has 7 heteroatoms. The minimum absolute atomic E-state index is 0.0813. The van der Waals surface area contributed by atoms with Crippen LogP contribution in [0.5, 0.6) is 0 Å². The van der Waals surface area contributed by atoms with E-state index in [-0.39, 0.29) is 12.5 Å². The predicted octanol–water partition coefficient (Wildman–Crippen LogP) is 4.10. The lowest BCUT2D eigenvalue weighted by atomic mass is 10.3. The van der Waals surface area contributed by atoms with Crippen molar-refractivity contribution in [1.29, 1.82) is 0 Å². The summed E-state index contributed by atoms with van der Waals surface area (Å²) in [5.41, 5.74) is 1.18. The standard InChI is InChI=1S/C16H15Cl2N3O2/c1-21(10-15(22)19-11-5-3-2-4-6-11)16(23)20-12-7-8-13(17)14(18)9-12/h2-9H,10H2,1H3,(H,19,22)(H,20,23). The molecular weight excluding hydrogens is 337 g/mol. The first-order valence-electron chi connectivity index (χ1n) is 6.78. The zero-order chi connectivity index (χ0) is 16.8. The molecule has 5 nitrogen and oxygen atoms in total. The van der Waals surface area contributed by atoms with Crippen LogP contribution in [0.2, 0.25) is 10.0 Å². The van der Waals surface area contributed by atoms with E-state index < -0.39 is 6.03 Å². The molecule has 0 aliphatic rings. The van der Waals surface area contributed by atoms with Crippen molar-refractivity contribution in [3.8, 4) is 0 Å². The third-order valence-corrected chi connectivity index (χ3v) is 3.69. The fraction of sp³-hybridized carbons (Fsp3) is 0.125. The van der Waals surface area contributed by atoms with Crippen LogP contribution in [0.25, 0.3) is 0 Å². The van der Waals surface area contributed by atoms with E-state index in [1.807, 2.05) is 18.2 Å². The van der Waals surface area contributed by atoms with Crippen LogP contribution in [0.1, 0.15) is 0 Å². The number of para-hydroxylation sites is 1. The lowest BCUT2D eigenvalue weighted by molar-refractivity contribution is -0.116. The lowest BCUT2D eigenvalue weighted by Gasteiger charge is -2.17. The lowest BCUT2D eigenvalue weighted by Crippen LogP contribution is -2.37. The van der Waals surface area contributed by atoms with Crippen LogP contribution >= 0.6 is 23.2 Å². The van der Waals surface area contributed by atoms with Gasteiger partial charge in [0.15, 0.2) is 0 Å². The van der Waals surface area contributed by atoms with E-state index in [1.54, 1.807) is 30.3 Å². The molecule has 2 aromatic rings. The van der Waals surface area contributed by atoms with Gasteiger partial charge in [0, 0.05) is 18.4 Å². The molecule has 0 saturated carbocycles. The Morgan fingerprint density at radius 2 is 1.65 bits per heavy atom. The van der Waals surface area contributed by atoms with E-state index >= 15 is 0 Å². The minimum Gasteiger partial charge on any atom is -0.325 e. The number of anilines is 2. The third-order valence-electron chi connectivity index (χ3n) is 2.96. The van der Waals surface area contributed by atoms with Crippen molar-refractivity contribution in [3.63, 3.8) is 0 Å². The zero-order valence-electron chi connectivity index (χ0n) is 12.3. The van der Waals surface area contributed by atoms with Gasteiger partial charge in [0.1, 0.15) is 6.54 Å². The van der Waals surface area contributed by atoms with Crippen LogP contribution in [0.15, 0.2) is 48.5 Å². The Morgan fingerprint density at radius 3 is 2.30 bits per heavy atom. The van der Waals surface area contributed by atoms with Crippen LogP contribution in [0, 0.1) is 0 Å². The van der Waals surface area contributed by atoms with Gasteiger partial charge < -0.3 is 15.5 Å². The van der Waals surface area contributed by atoms with Gasteiger partial charge in [-0.25, -0.2) is 4.79 Å². The summed E-state index contributed by atoms with van der Waals surface area (Å²) in [7, 11) is 1.53. The number of halogens is 2. The maximum Gasteiger partial charge on any atom is 0.322 e. The Kier molecular flexibility index (Phi) is 5.84. The van der Waals surface area contributed by atoms with Gasteiger partial charge in [0.25, 0.3) is 0 Å². The molecule has 2 rings (SSSR count). The number of hydrogen-bond donors (Lipinski definition) is 2. The molecule has 0 aliphatic carbocycles. The number of amides is 3. The summed E-state index contributed by atoms with van der Waals surface area (Å²) >= 11 is 11.7. The maximum atomic E-state index is 12.1. The van der Waals surface area contributed by atoms with Crippen molar-refractivity contribution < 1.29 is 9.59 Å². The molecule has 2 aromatic carbocycles. The summed E-state index contributed by atoms with van der Waals surface area (Å²) in [6.07, 6.45) is 0. The first kappa shape index (κ1) is 17.1. The highest BCUT2D eigenvalue weighted by atomic mass is 35.5. The largest absolute Gasteiger partial charge is 0.325 e. The molecule has 0 heterocycles. The number of likely N-dealkylation sites (N-methyl/N-ethyl adjacent to an activating group) is 1. The van der Waals surface area contributed by atoms with Crippen molar-refractivity contribution in [2.45, 2.75) is 0 Å². The smallest absolute Gasteiger partial charge is 0.322 e. The number of hydrogen-bond acceptors (Lipinski definition) is 2. The van der Waals surface area contributed by atoms with Crippen LogP contribution < -0.4 is 10.6 Å². The molecule has 0 spiro atoms. The third kappa shape index (κ3) is 5.16. The second-order valence-corrected chi connectivity index (χ2v) is 5.64. The molecule has 120 valence electrons. The molecule has 0 radical (unpaired) electrons. The Hall–Kier alpha value is -2.24. The van der Waals surface area contributed by atoms with E-state index in [0.717, 1.165) is 0 Å². The predicted molar refractivity (Wildman–Crippen MR) is 93.2 cm³/mol. The monoisotopic (exact) mass is 351 g/mol. The molecular formula is C16H15Cl2N3O2. The van der Waals surface area contributed by atoms with Gasteiger partial charge in [-0.2, -0.15) is 0 Å². The number of carbonyl (C=O) groups excluding carboxylic acids is 2. The van der Waals surface area contributed by atoms with Gasteiger partial charge in [-0.15, -0.1) is 0 Å².